The first-order valence-electron chi connectivity index (χ1n) is 10.5. The number of nitrogens with zero attached hydrogens (tertiary/aromatic N) is 1. The number of urea groups is 1. The number of rotatable bonds is 4. The van der Waals surface area contributed by atoms with Crippen LogP contribution in [0, 0.1) is 5.92 Å². The van der Waals surface area contributed by atoms with E-state index in [0.717, 1.165) is 34.9 Å². The van der Waals surface area contributed by atoms with E-state index in [4.69, 9.17) is 0 Å². The van der Waals surface area contributed by atoms with Crippen LogP contribution in [0.15, 0.2) is 72.8 Å². The van der Waals surface area contributed by atoms with Crippen molar-refractivity contribution >= 4 is 28.4 Å². The third-order valence-electron chi connectivity index (χ3n) is 5.75. The molecule has 3 aromatic rings. The van der Waals surface area contributed by atoms with Gasteiger partial charge in [-0.05, 0) is 48.2 Å². The summed E-state index contributed by atoms with van der Waals surface area (Å²) in [4.78, 5) is 27.3. The zero-order chi connectivity index (χ0) is 20.9. The van der Waals surface area contributed by atoms with Gasteiger partial charge in [0.05, 0.1) is 12.0 Å². The van der Waals surface area contributed by atoms with Gasteiger partial charge in [0.1, 0.15) is 0 Å². The van der Waals surface area contributed by atoms with Crippen molar-refractivity contribution in [2.75, 3.05) is 18.4 Å². The largest absolute Gasteiger partial charge is 0.349 e. The van der Waals surface area contributed by atoms with Gasteiger partial charge in [-0.15, -0.1) is 0 Å². The molecule has 3 aromatic carbocycles. The SMILES string of the molecule is CC(NC(=O)C1CCCN(C(=O)Nc2ccccc2)C1)c1cccc2ccccc12. The molecule has 1 fully saturated rings. The second kappa shape index (κ2) is 8.99. The highest BCUT2D eigenvalue weighted by Crippen LogP contribution is 2.25. The smallest absolute Gasteiger partial charge is 0.321 e. The number of hydrogen-bond donors (Lipinski definition) is 2. The van der Waals surface area contributed by atoms with E-state index in [-0.39, 0.29) is 23.9 Å². The minimum absolute atomic E-state index is 0.00708. The molecule has 1 aliphatic heterocycles. The number of piperidine rings is 1. The average Bonchev–Trinajstić information content (AvgIpc) is 2.79. The highest BCUT2D eigenvalue weighted by Gasteiger charge is 2.29. The van der Waals surface area contributed by atoms with Crippen molar-refractivity contribution in [2.45, 2.75) is 25.8 Å². The molecule has 2 atom stereocenters. The van der Waals surface area contributed by atoms with Crippen LogP contribution < -0.4 is 10.6 Å². The van der Waals surface area contributed by atoms with Crippen LogP contribution >= 0.6 is 0 Å². The summed E-state index contributed by atoms with van der Waals surface area (Å²) in [5.41, 5.74) is 1.87. The van der Waals surface area contributed by atoms with Crippen LogP contribution in [0.3, 0.4) is 0 Å². The molecule has 1 aliphatic rings. The fourth-order valence-corrected chi connectivity index (χ4v) is 4.14. The number of amides is 3. The molecule has 0 aromatic heterocycles. The van der Waals surface area contributed by atoms with Gasteiger partial charge in [0.2, 0.25) is 5.91 Å². The molecule has 5 nitrogen and oxygen atoms in total. The zero-order valence-corrected chi connectivity index (χ0v) is 17.2. The first-order valence-corrected chi connectivity index (χ1v) is 10.5. The summed E-state index contributed by atoms with van der Waals surface area (Å²) in [5.74, 6) is -0.189. The van der Waals surface area contributed by atoms with Crippen molar-refractivity contribution in [3.05, 3.63) is 78.4 Å². The molecule has 0 aliphatic carbocycles. The second-order valence-electron chi connectivity index (χ2n) is 7.88. The van der Waals surface area contributed by atoms with Crippen molar-refractivity contribution in [3.63, 3.8) is 0 Å². The lowest BCUT2D eigenvalue weighted by Gasteiger charge is -2.32. The van der Waals surface area contributed by atoms with Gasteiger partial charge in [-0.2, -0.15) is 0 Å². The Morgan fingerprint density at radius 2 is 1.70 bits per heavy atom. The molecular formula is C25H27N3O2. The van der Waals surface area contributed by atoms with E-state index < -0.39 is 0 Å². The van der Waals surface area contributed by atoms with Crippen molar-refractivity contribution in [3.8, 4) is 0 Å². The molecule has 154 valence electrons. The van der Waals surface area contributed by atoms with Gasteiger partial charge >= 0.3 is 6.03 Å². The summed E-state index contributed by atoms with van der Waals surface area (Å²) in [6, 6.07) is 23.5. The third kappa shape index (κ3) is 4.46. The minimum Gasteiger partial charge on any atom is -0.349 e. The monoisotopic (exact) mass is 401 g/mol. The first-order chi connectivity index (χ1) is 14.6. The van der Waals surface area contributed by atoms with E-state index in [1.807, 2.05) is 55.5 Å². The van der Waals surface area contributed by atoms with Crippen LogP contribution in [0.5, 0.6) is 0 Å². The average molecular weight is 402 g/mol. The number of benzene rings is 3. The molecule has 0 bridgehead atoms. The zero-order valence-electron chi connectivity index (χ0n) is 17.2. The maximum atomic E-state index is 13.0. The lowest BCUT2D eigenvalue weighted by Crippen LogP contribution is -2.47. The Hall–Kier alpha value is -3.34. The topological polar surface area (TPSA) is 61.4 Å². The van der Waals surface area contributed by atoms with Gasteiger partial charge < -0.3 is 15.5 Å². The molecule has 0 radical (unpaired) electrons. The molecule has 30 heavy (non-hydrogen) atoms. The normalized spacial score (nSPS) is 17.4. The molecule has 0 saturated carbocycles. The van der Waals surface area contributed by atoms with E-state index in [2.05, 4.69) is 34.9 Å². The molecular weight excluding hydrogens is 374 g/mol. The van der Waals surface area contributed by atoms with Gasteiger partial charge in [0, 0.05) is 18.8 Å². The maximum Gasteiger partial charge on any atom is 0.321 e. The Labute approximate surface area is 177 Å². The number of anilines is 1. The standard InChI is InChI=1S/C25H27N3O2/c1-18(22-15-7-10-19-9-5-6-14-23(19)22)26-24(29)20-11-8-16-28(17-20)25(30)27-21-12-3-2-4-13-21/h2-7,9-10,12-15,18,20H,8,11,16-17H2,1H3,(H,26,29)(H,27,30). The van der Waals surface area contributed by atoms with E-state index >= 15 is 0 Å². The molecule has 4 rings (SSSR count). The minimum atomic E-state index is -0.197. The predicted octanol–water partition coefficient (Wildman–Crippen LogP) is 4.96. The quantitative estimate of drug-likeness (QED) is 0.649. The summed E-state index contributed by atoms with van der Waals surface area (Å²) in [6.07, 6.45) is 1.62. The highest BCUT2D eigenvalue weighted by molar-refractivity contribution is 5.90. The Morgan fingerprint density at radius 1 is 0.967 bits per heavy atom. The summed E-state index contributed by atoms with van der Waals surface area (Å²) in [6.45, 7) is 3.12. The van der Waals surface area contributed by atoms with Crippen molar-refractivity contribution in [1.82, 2.24) is 10.2 Å². The summed E-state index contributed by atoms with van der Waals surface area (Å²) in [7, 11) is 0. The molecule has 0 spiro atoms. The third-order valence-corrected chi connectivity index (χ3v) is 5.75. The number of para-hydroxylation sites is 1. The Morgan fingerprint density at radius 3 is 2.53 bits per heavy atom. The van der Waals surface area contributed by atoms with Crippen molar-refractivity contribution < 1.29 is 9.59 Å². The maximum absolute atomic E-state index is 13.0. The second-order valence-corrected chi connectivity index (χ2v) is 7.88. The highest BCUT2D eigenvalue weighted by atomic mass is 16.2. The van der Waals surface area contributed by atoms with E-state index in [1.165, 1.54) is 0 Å². The van der Waals surface area contributed by atoms with E-state index in [1.54, 1.807) is 4.90 Å². The van der Waals surface area contributed by atoms with Crippen LogP contribution in [-0.2, 0) is 4.79 Å². The lowest BCUT2D eigenvalue weighted by atomic mass is 9.95. The Bertz CT molecular complexity index is 1030. The van der Waals surface area contributed by atoms with Gasteiger partial charge in [0.25, 0.3) is 0 Å². The fourth-order valence-electron chi connectivity index (χ4n) is 4.14. The molecule has 1 saturated heterocycles. The fraction of sp³-hybridized carbons (Fsp3) is 0.280. The number of nitrogens with one attached hydrogen (secondary N) is 2. The molecule has 2 N–H and O–H groups in total. The number of fused-ring (bicyclic) bond motifs is 1. The number of carbonyl (C=O) groups excluding carboxylic acids is 2. The Balaban J connectivity index is 1.40. The van der Waals surface area contributed by atoms with Gasteiger partial charge in [0.15, 0.2) is 0 Å². The molecule has 2 unspecified atom stereocenters. The lowest BCUT2D eigenvalue weighted by molar-refractivity contribution is -0.126. The number of likely N-dealkylation sites (tertiary alicyclic amines) is 1. The van der Waals surface area contributed by atoms with Gasteiger partial charge in [-0.1, -0.05) is 60.7 Å². The summed E-state index contributed by atoms with van der Waals surface area (Å²) < 4.78 is 0. The first kappa shape index (κ1) is 20.0. The molecule has 5 heteroatoms. The van der Waals surface area contributed by atoms with Gasteiger partial charge in [-0.3, -0.25) is 4.79 Å². The number of hydrogen-bond acceptors (Lipinski definition) is 2. The van der Waals surface area contributed by atoms with Gasteiger partial charge in [-0.25, -0.2) is 4.79 Å². The number of carbonyl (C=O) groups is 2. The predicted molar refractivity (Wildman–Crippen MR) is 120 cm³/mol. The van der Waals surface area contributed by atoms with E-state index in [9.17, 15) is 9.59 Å². The van der Waals surface area contributed by atoms with E-state index in [0.29, 0.717) is 13.1 Å². The van der Waals surface area contributed by atoms with Crippen LogP contribution in [-0.4, -0.2) is 29.9 Å². The van der Waals surface area contributed by atoms with Crippen LogP contribution in [0.2, 0.25) is 0 Å². The Kier molecular flexibility index (Phi) is 5.98. The van der Waals surface area contributed by atoms with Crippen molar-refractivity contribution in [2.24, 2.45) is 5.92 Å². The summed E-state index contributed by atoms with van der Waals surface area (Å²) in [5, 5.41) is 8.40. The molecule has 1 heterocycles. The van der Waals surface area contributed by atoms with Crippen molar-refractivity contribution in [1.29, 1.82) is 0 Å². The van der Waals surface area contributed by atoms with Crippen LogP contribution in [0.4, 0.5) is 10.5 Å². The van der Waals surface area contributed by atoms with Crippen LogP contribution in [0.25, 0.3) is 10.8 Å². The summed E-state index contributed by atoms with van der Waals surface area (Å²) >= 11 is 0. The van der Waals surface area contributed by atoms with Crippen LogP contribution in [0.1, 0.15) is 31.4 Å². The molecule has 3 amide bonds.